The summed E-state index contributed by atoms with van der Waals surface area (Å²) >= 11 is -3.83. The minimum atomic E-state index is -3.83. The monoisotopic (exact) mass is 531 g/mol. The second-order valence-electron chi connectivity index (χ2n) is 8.84. The number of hydroxylamine groups is 2. The summed E-state index contributed by atoms with van der Waals surface area (Å²) < 4.78 is 23.1. The van der Waals surface area contributed by atoms with Crippen molar-refractivity contribution in [2.45, 2.75) is 13.0 Å². The van der Waals surface area contributed by atoms with Gasteiger partial charge in [0.2, 0.25) is 0 Å². The third-order valence-corrected chi connectivity index (χ3v) is 6.99. The zero-order valence-electron chi connectivity index (χ0n) is 20.0. The molecule has 2 unspecified atom stereocenters. The predicted molar refractivity (Wildman–Crippen MR) is 124 cm³/mol. The normalized spacial score (nSPS) is 23.6. The third kappa shape index (κ3) is 7.92. The predicted octanol–water partition coefficient (Wildman–Crippen LogP) is -0.914. The van der Waals surface area contributed by atoms with E-state index in [4.69, 9.17) is 4.84 Å². The Kier molecular flexibility index (Phi) is 9.01. The van der Waals surface area contributed by atoms with Gasteiger partial charge in [-0.05, 0) is 11.1 Å². The fourth-order valence-electron chi connectivity index (χ4n) is 4.13. The van der Waals surface area contributed by atoms with E-state index in [9.17, 15) is 27.5 Å². The van der Waals surface area contributed by atoms with Crippen LogP contribution in [0.2, 0.25) is 0 Å². The Morgan fingerprint density at radius 1 is 0.811 bits per heavy atom. The molecule has 1 aromatic rings. The summed E-state index contributed by atoms with van der Waals surface area (Å²) in [5.74, 6) is -3.61. The summed E-state index contributed by atoms with van der Waals surface area (Å²) in [6.07, 6.45) is 1.95. The Morgan fingerprint density at radius 2 is 1.30 bits per heavy atom. The third-order valence-electron chi connectivity index (χ3n) is 6.09. The van der Waals surface area contributed by atoms with E-state index in [2.05, 4.69) is 12.5 Å². The lowest BCUT2D eigenvalue weighted by Gasteiger charge is -2.26. The van der Waals surface area contributed by atoms with Crippen molar-refractivity contribution in [1.29, 1.82) is 0 Å². The second kappa shape index (κ2) is 12.4. The topological polar surface area (TPSA) is 126 Å². The molecule has 37 heavy (non-hydrogen) atoms. The molecule has 196 valence electrons. The quantitative estimate of drug-likeness (QED) is 0.346. The maximum absolute atomic E-state index is 13.8. The number of fused-ring (bicyclic) bond motifs is 3. The summed E-state index contributed by atoms with van der Waals surface area (Å²) in [4.78, 5) is 70.1. The van der Waals surface area contributed by atoms with Crippen molar-refractivity contribution < 1.29 is 39.9 Å². The van der Waals surface area contributed by atoms with Gasteiger partial charge in [-0.2, -0.15) is 0 Å². The van der Waals surface area contributed by atoms with E-state index in [-0.39, 0.29) is 19.5 Å². The SMILES string of the molecule is O=C(Cc1ccc(CN2CCN3CCN(CC2)CC(=O)[O][Al]([18F])[O]C(=O)C3)cc1)ON1C(=O)C=CC1=O. The Bertz CT molecular complexity index is 1040. The zero-order chi connectivity index (χ0) is 26.4. The number of rotatable bonds is 5. The number of hydrogen-bond donors (Lipinski definition) is 0. The van der Waals surface area contributed by atoms with Crippen LogP contribution in [0.15, 0.2) is 36.4 Å². The molecule has 14 heteroatoms. The van der Waals surface area contributed by atoms with Gasteiger partial charge in [-0.1, -0.05) is 29.3 Å². The number of amides is 2. The van der Waals surface area contributed by atoms with E-state index < -0.39 is 45.0 Å². The minimum Gasteiger partial charge on any atom is -0.558 e. The first kappa shape index (κ1) is 26.9. The molecule has 12 nitrogen and oxygen atoms in total. The van der Waals surface area contributed by atoms with E-state index in [1.54, 1.807) is 12.1 Å². The molecule has 0 aromatic heterocycles. The van der Waals surface area contributed by atoms with Crippen molar-refractivity contribution in [2.24, 2.45) is 0 Å². The summed E-state index contributed by atoms with van der Waals surface area (Å²) in [5.41, 5.74) is 1.64. The Morgan fingerprint density at radius 3 is 1.84 bits per heavy atom. The van der Waals surface area contributed by atoms with E-state index in [1.165, 1.54) is 0 Å². The summed E-state index contributed by atoms with van der Waals surface area (Å²) in [6.45, 7) is 3.89. The first-order valence-electron chi connectivity index (χ1n) is 11.8. The lowest BCUT2D eigenvalue weighted by atomic mass is 10.1. The van der Waals surface area contributed by atoms with Gasteiger partial charge in [0.1, 0.15) is 0 Å². The van der Waals surface area contributed by atoms with E-state index in [0.29, 0.717) is 56.4 Å². The molecule has 4 rings (SSSR count). The molecule has 3 aliphatic rings. The van der Waals surface area contributed by atoms with Crippen LogP contribution in [-0.2, 0) is 49.4 Å². The Labute approximate surface area is 217 Å². The lowest BCUT2D eigenvalue weighted by Crippen LogP contribution is -2.40. The summed E-state index contributed by atoms with van der Waals surface area (Å²) in [5, 5.41) is 0.424. The van der Waals surface area contributed by atoms with E-state index in [0.717, 1.165) is 17.7 Å². The molecular formula is C23H26AlFN4O8. The van der Waals surface area contributed by atoms with E-state index in [1.807, 2.05) is 21.9 Å². The molecule has 2 bridgehead atoms. The molecule has 0 saturated carbocycles. The number of hydrogen-bond acceptors (Lipinski definition) is 11. The average molecular weight is 531 g/mol. The van der Waals surface area contributed by atoms with Crippen LogP contribution in [0.4, 0.5) is 3.52 Å². The van der Waals surface area contributed by atoms with Crippen molar-refractivity contribution in [3.05, 3.63) is 47.5 Å². The molecule has 2 fully saturated rings. The van der Waals surface area contributed by atoms with Crippen molar-refractivity contribution in [2.75, 3.05) is 52.4 Å². The minimum absolute atomic E-state index is 0.0812. The molecule has 3 aliphatic heterocycles. The summed E-state index contributed by atoms with van der Waals surface area (Å²) in [7, 11) is 0. The number of carbonyl (C=O) groups excluding carboxylic acids is 5. The maximum atomic E-state index is 13.8. The standard InChI is InChI=1S/C23H28N4O8.Al.FH/c28-19-5-6-20(29)27(19)35-23(34)13-17-1-3-18(4-2-17)14-24-7-9-25(15-21(30)31)11-12-26(10-8-24)16-22(32)33;;/h1-6H,7-16H2,(H,30,31)(H,32,33);;1H/q;+3;/p-3/i;;1-1. The van der Waals surface area contributed by atoms with Gasteiger partial charge in [0.15, 0.2) is 0 Å². The maximum Gasteiger partial charge on any atom is 1.15 e. The fourth-order valence-corrected chi connectivity index (χ4v) is 4.74. The van der Waals surface area contributed by atoms with Crippen molar-refractivity contribution >= 4 is 45.0 Å². The first-order chi connectivity index (χ1) is 17.7. The number of imide groups is 1. The number of carbonyl (C=O) groups is 5. The fraction of sp³-hybridized carbons (Fsp3) is 0.435. The highest BCUT2D eigenvalue weighted by Crippen LogP contribution is 2.12. The molecule has 0 radical (unpaired) electrons. The summed E-state index contributed by atoms with van der Waals surface area (Å²) in [6, 6.07) is 7.29. The largest absolute Gasteiger partial charge is 1.15 e. The van der Waals surface area contributed by atoms with Crippen LogP contribution < -0.4 is 0 Å². The van der Waals surface area contributed by atoms with Crippen LogP contribution in [0.3, 0.4) is 0 Å². The van der Waals surface area contributed by atoms with Gasteiger partial charge < -0.3 is 15.9 Å². The van der Waals surface area contributed by atoms with Crippen LogP contribution >= 0.6 is 0 Å². The highest BCUT2D eigenvalue weighted by atomic mass is 27.3. The smallest absolute Gasteiger partial charge is 0.558 e. The average Bonchev–Trinajstić information content (AvgIpc) is 3.18. The first-order valence-corrected chi connectivity index (χ1v) is 13.2. The van der Waals surface area contributed by atoms with Gasteiger partial charge in [-0.15, -0.1) is 0 Å². The molecule has 0 aliphatic carbocycles. The number of nitrogens with zero attached hydrogens (tertiary/aromatic N) is 4. The molecule has 1 aromatic carbocycles. The van der Waals surface area contributed by atoms with E-state index >= 15 is 0 Å². The van der Waals surface area contributed by atoms with Gasteiger partial charge in [0.05, 0.1) is 19.5 Å². The molecule has 2 amide bonds. The van der Waals surface area contributed by atoms with Crippen LogP contribution in [-0.4, -0.2) is 117 Å². The van der Waals surface area contributed by atoms with Crippen LogP contribution in [0, 0.1) is 0 Å². The highest BCUT2D eigenvalue weighted by molar-refractivity contribution is 6.41. The molecule has 2 saturated heterocycles. The van der Waals surface area contributed by atoms with Gasteiger partial charge in [-0.3, -0.25) is 33.9 Å². The highest BCUT2D eigenvalue weighted by Gasteiger charge is 2.42. The second-order valence-corrected chi connectivity index (χ2v) is 9.86. The molecule has 0 N–H and O–H groups in total. The van der Waals surface area contributed by atoms with Gasteiger partial charge in [-0.25, -0.2) is 4.79 Å². The van der Waals surface area contributed by atoms with Crippen molar-refractivity contribution in [1.82, 2.24) is 19.8 Å². The molecule has 3 heterocycles. The van der Waals surface area contributed by atoms with Crippen LogP contribution in [0.5, 0.6) is 0 Å². The number of benzene rings is 1. The Balaban J connectivity index is 1.34. The van der Waals surface area contributed by atoms with Crippen molar-refractivity contribution in [3.8, 4) is 0 Å². The Hall–Kier alpha value is -3.15. The lowest BCUT2D eigenvalue weighted by molar-refractivity contribution is -0.195. The van der Waals surface area contributed by atoms with Gasteiger partial charge >= 0.3 is 21.2 Å². The molecule has 0 spiro atoms. The van der Waals surface area contributed by atoms with Crippen LogP contribution in [0.1, 0.15) is 11.1 Å². The van der Waals surface area contributed by atoms with Crippen LogP contribution in [0.25, 0.3) is 0 Å². The molecular weight excluding hydrogens is 505 g/mol. The van der Waals surface area contributed by atoms with Gasteiger partial charge in [0.25, 0.3) is 23.8 Å². The van der Waals surface area contributed by atoms with Crippen molar-refractivity contribution in [3.63, 3.8) is 0 Å². The zero-order valence-corrected chi connectivity index (χ0v) is 21.2. The van der Waals surface area contributed by atoms with Gasteiger partial charge in [0, 0.05) is 58.0 Å². The number of halogens is 1. The molecule has 2 atom stereocenters.